The summed E-state index contributed by atoms with van der Waals surface area (Å²) >= 11 is 0. The Morgan fingerprint density at radius 2 is 1.77 bits per heavy atom. The van der Waals surface area contributed by atoms with Crippen molar-refractivity contribution in [2.45, 2.75) is 26.4 Å². The van der Waals surface area contributed by atoms with Crippen molar-refractivity contribution in [1.82, 2.24) is 9.97 Å². The second kappa shape index (κ2) is 8.21. The van der Waals surface area contributed by atoms with Gasteiger partial charge in [-0.05, 0) is 29.7 Å². The van der Waals surface area contributed by atoms with Crippen LogP contribution in [-0.2, 0) is 13.0 Å². The van der Waals surface area contributed by atoms with Gasteiger partial charge < -0.3 is 4.74 Å². The van der Waals surface area contributed by atoms with Crippen LogP contribution in [0, 0.1) is 17.1 Å². The molecule has 5 heteroatoms. The summed E-state index contributed by atoms with van der Waals surface area (Å²) in [7, 11) is 0. The quantitative estimate of drug-likeness (QED) is 0.649. The van der Waals surface area contributed by atoms with E-state index in [4.69, 9.17) is 10.00 Å². The number of aromatic nitrogens is 2. The van der Waals surface area contributed by atoms with Gasteiger partial charge in [0.25, 0.3) is 0 Å². The first-order chi connectivity index (χ1) is 12.7. The van der Waals surface area contributed by atoms with Crippen LogP contribution in [0.5, 0.6) is 5.75 Å². The number of rotatable bonds is 6. The number of ether oxygens (including phenoxy) is 1. The molecule has 0 aliphatic carbocycles. The van der Waals surface area contributed by atoms with Gasteiger partial charge in [0, 0.05) is 24.0 Å². The van der Waals surface area contributed by atoms with E-state index in [0.29, 0.717) is 18.2 Å². The largest absolute Gasteiger partial charge is 0.489 e. The van der Waals surface area contributed by atoms with Crippen LogP contribution in [0.4, 0.5) is 4.39 Å². The molecule has 0 atom stereocenters. The number of aryl methyl sites for hydroxylation is 1. The third-order valence-electron chi connectivity index (χ3n) is 3.92. The average Bonchev–Trinajstić information content (AvgIpc) is 2.68. The summed E-state index contributed by atoms with van der Waals surface area (Å²) in [6.07, 6.45) is 5.78. The maximum Gasteiger partial charge on any atom is 0.159 e. The van der Waals surface area contributed by atoms with Crippen LogP contribution < -0.4 is 4.74 Å². The molecule has 0 N–H and O–H groups in total. The predicted octanol–water partition coefficient (Wildman–Crippen LogP) is 4.69. The van der Waals surface area contributed by atoms with Gasteiger partial charge in [-0.15, -0.1) is 0 Å². The third kappa shape index (κ3) is 4.22. The lowest BCUT2D eigenvalue weighted by Crippen LogP contribution is -1.97. The highest BCUT2D eigenvalue weighted by atomic mass is 19.1. The SMILES string of the molecule is CCCc1cnc(-c2ccc(COc3ccc(C#N)c(F)c3)cc2)nc1. The lowest BCUT2D eigenvalue weighted by molar-refractivity contribution is 0.304. The van der Waals surface area contributed by atoms with Gasteiger partial charge in [-0.1, -0.05) is 37.6 Å². The highest BCUT2D eigenvalue weighted by molar-refractivity contribution is 5.55. The van der Waals surface area contributed by atoms with E-state index >= 15 is 0 Å². The Kier molecular flexibility index (Phi) is 5.55. The molecular formula is C21H18FN3O. The fourth-order valence-corrected chi connectivity index (χ4v) is 2.51. The predicted molar refractivity (Wildman–Crippen MR) is 96.9 cm³/mol. The van der Waals surface area contributed by atoms with Gasteiger partial charge in [0.05, 0.1) is 5.56 Å². The Balaban J connectivity index is 1.64. The van der Waals surface area contributed by atoms with E-state index in [9.17, 15) is 4.39 Å². The Labute approximate surface area is 151 Å². The normalized spacial score (nSPS) is 10.3. The molecule has 1 aromatic heterocycles. The number of hydrogen-bond donors (Lipinski definition) is 0. The zero-order valence-electron chi connectivity index (χ0n) is 14.4. The van der Waals surface area contributed by atoms with Gasteiger partial charge in [-0.3, -0.25) is 0 Å². The Morgan fingerprint density at radius 3 is 2.38 bits per heavy atom. The van der Waals surface area contributed by atoms with Crippen LogP contribution >= 0.6 is 0 Å². The van der Waals surface area contributed by atoms with Crippen molar-refractivity contribution in [3.05, 3.63) is 77.4 Å². The third-order valence-corrected chi connectivity index (χ3v) is 3.92. The van der Waals surface area contributed by atoms with Crippen molar-refractivity contribution in [1.29, 1.82) is 5.26 Å². The first-order valence-corrected chi connectivity index (χ1v) is 8.42. The first-order valence-electron chi connectivity index (χ1n) is 8.42. The standard InChI is InChI=1S/C21H18FN3O/c1-2-3-16-12-24-21(25-13-16)17-6-4-15(5-7-17)14-26-19-9-8-18(11-23)20(22)10-19/h4-10,12-13H,2-3,14H2,1H3. The smallest absolute Gasteiger partial charge is 0.159 e. The van der Waals surface area contributed by atoms with E-state index in [1.165, 1.54) is 12.1 Å². The zero-order chi connectivity index (χ0) is 18.4. The Morgan fingerprint density at radius 1 is 1.04 bits per heavy atom. The molecule has 0 amide bonds. The average molecular weight is 347 g/mol. The van der Waals surface area contributed by atoms with Gasteiger partial charge in [0.1, 0.15) is 24.2 Å². The van der Waals surface area contributed by atoms with Gasteiger partial charge >= 0.3 is 0 Å². The maximum absolute atomic E-state index is 13.6. The molecule has 3 aromatic rings. The van der Waals surface area contributed by atoms with E-state index in [0.717, 1.165) is 29.5 Å². The van der Waals surface area contributed by atoms with E-state index in [-0.39, 0.29) is 5.56 Å². The van der Waals surface area contributed by atoms with Crippen molar-refractivity contribution in [3.8, 4) is 23.2 Å². The Hall–Kier alpha value is -3.26. The van der Waals surface area contributed by atoms with Crippen LogP contribution in [-0.4, -0.2) is 9.97 Å². The van der Waals surface area contributed by atoms with Crippen molar-refractivity contribution >= 4 is 0 Å². The minimum Gasteiger partial charge on any atom is -0.489 e. The molecule has 4 nitrogen and oxygen atoms in total. The van der Waals surface area contributed by atoms with Crippen molar-refractivity contribution in [2.24, 2.45) is 0 Å². The fraction of sp³-hybridized carbons (Fsp3) is 0.190. The number of hydrogen-bond acceptors (Lipinski definition) is 4. The van der Waals surface area contributed by atoms with Crippen LogP contribution in [0.25, 0.3) is 11.4 Å². The summed E-state index contributed by atoms with van der Waals surface area (Å²) in [4.78, 5) is 8.81. The minimum absolute atomic E-state index is 0.00617. The van der Waals surface area contributed by atoms with E-state index < -0.39 is 5.82 Å². The fourth-order valence-electron chi connectivity index (χ4n) is 2.51. The van der Waals surface area contributed by atoms with Crippen molar-refractivity contribution in [2.75, 3.05) is 0 Å². The lowest BCUT2D eigenvalue weighted by Gasteiger charge is -2.08. The molecule has 0 aliphatic heterocycles. The summed E-state index contributed by atoms with van der Waals surface area (Å²) in [6, 6.07) is 13.7. The van der Waals surface area contributed by atoms with Gasteiger partial charge in [-0.2, -0.15) is 5.26 Å². The summed E-state index contributed by atoms with van der Waals surface area (Å²) in [6.45, 7) is 2.43. The van der Waals surface area contributed by atoms with Crippen molar-refractivity contribution in [3.63, 3.8) is 0 Å². The second-order valence-electron chi connectivity index (χ2n) is 5.90. The molecule has 0 aliphatic rings. The molecule has 26 heavy (non-hydrogen) atoms. The highest BCUT2D eigenvalue weighted by Gasteiger charge is 2.05. The second-order valence-corrected chi connectivity index (χ2v) is 5.90. The van der Waals surface area contributed by atoms with Crippen LogP contribution in [0.2, 0.25) is 0 Å². The topological polar surface area (TPSA) is 58.8 Å². The maximum atomic E-state index is 13.6. The van der Waals surface area contributed by atoms with Gasteiger partial charge in [-0.25, -0.2) is 14.4 Å². The molecule has 0 saturated heterocycles. The molecule has 1 heterocycles. The zero-order valence-corrected chi connectivity index (χ0v) is 14.4. The molecule has 0 saturated carbocycles. The van der Waals surface area contributed by atoms with E-state index in [2.05, 4.69) is 16.9 Å². The van der Waals surface area contributed by atoms with E-state index in [1.807, 2.05) is 36.7 Å². The highest BCUT2D eigenvalue weighted by Crippen LogP contribution is 2.19. The minimum atomic E-state index is -0.580. The van der Waals surface area contributed by atoms with Crippen LogP contribution in [0.3, 0.4) is 0 Å². The monoisotopic (exact) mass is 347 g/mol. The first kappa shape index (κ1) is 17.6. The van der Waals surface area contributed by atoms with Crippen LogP contribution in [0.1, 0.15) is 30.0 Å². The number of halogens is 1. The molecule has 0 bridgehead atoms. The number of benzene rings is 2. The summed E-state index contributed by atoms with van der Waals surface area (Å²) in [5.41, 5.74) is 3.02. The molecule has 0 radical (unpaired) electrons. The summed E-state index contributed by atoms with van der Waals surface area (Å²) < 4.78 is 19.2. The molecule has 0 unspecified atom stereocenters. The summed E-state index contributed by atoms with van der Waals surface area (Å²) in [5, 5.41) is 8.74. The van der Waals surface area contributed by atoms with Crippen LogP contribution in [0.15, 0.2) is 54.9 Å². The Bertz CT molecular complexity index is 915. The lowest BCUT2D eigenvalue weighted by atomic mass is 10.1. The van der Waals surface area contributed by atoms with Crippen molar-refractivity contribution < 1.29 is 9.13 Å². The molecule has 0 spiro atoms. The number of nitriles is 1. The van der Waals surface area contributed by atoms with Gasteiger partial charge in [0.15, 0.2) is 5.82 Å². The molecule has 2 aromatic carbocycles. The molecular weight excluding hydrogens is 329 g/mol. The van der Waals surface area contributed by atoms with E-state index in [1.54, 1.807) is 12.1 Å². The summed E-state index contributed by atoms with van der Waals surface area (Å²) in [5.74, 6) is 0.496. The molecule has 130 valence electrons. The molecule has 0 fully saturated rings. The number of nitrogens with zero attached hydrogens (tertiary/aromatic N) is 3. The molecule has 3 rings (SSSR count). The van der Waals surface area contributed by atoms with Gasteiger partial charge in [0.2, 0.25) is 0 Å².